The maximum Gasteiger partial charge on any atom is 0.274 e. The standard InChI is InChI=1S/C16H22N4O2S/c1-5-6-7-8-12-19-20-16(23-12)18-15(22)14-9(2)13(11(4)21)10(3)17-14/h17H,5-8H2,1-4H3,(H,18,20,22). The van der Waals surface area contributed by atoms with Gasteiger partial charge >= 0.3 is 0 Å². The van der Waals surface area contributed by atoms with E-state index >= 15 is 0 Å². The van der Waals surface area contributed by atoms with E-state index in [1.54, 1.807) is 13.8 Å². The smallest absolute Gasteiger partial charge is 0.274 e. The van der Waals surface area contributed by atoms with Crippen LogP contribution in [-0.4, -0.2) is 26.9 Å². The number of carbonyl (C=O) groups is 2. The van der Waals surface area contributed by atoms with Crippen molar-refractivity contribution in [1.29, 1.82) is 0 Å². The Morgan fingerprint density at radius 1 is 1.22 bits per heavy atom. The summed E-state index contributed by atoms with van der Waals surface area (Å²) >= 11 is 1.39. The maximum absolute atomic E-state index is 12.4. The Kier molecular flexibility index (Phi) is 5.65. The number of nitrogens with zero attached hydrogens (tertiary/aromatic N) is 2. The first-order valence-electron chi connectivity index (χ1n) is 7.77. The Balaban J connectivity index is 2.08. The molecule has 2 rings (SSSR count). The largest absolute Gasteiger partial charge is 0.354 e. The fraction of sp³-hybridized carbons (Fsp3) is 0.500. The molecule has 6 nitrogen and oxygen atoms in total. The topological polar surface area (TPSA) is 87.7 Å². The summed E-state index contributed by atoms with van der Waals surface area (Å²) in [6, 6.07) is 0. The highest BCUT2D eigenvalue weighted by Gasteiger charge is 2.20. The van der Waals surface area contributed by atoms with Crippen molar-refractivity contribution in [2.24, 2.45) is 0 Å². The second kappa shape index (κ2) is 7.50. The highest BCUT2D eigenvalue weighted by atomic mass is 32.1. The van der Waals surface area contributed by atoms with E-state index < -0.39 is 0 Å². The van der Waals surface area contributed by atoms with Crippen molar-refractivity contribution >= 4 is 28.2 Å². The van der Waals surface area contributed by atoms with Gasteiger partial charge in [-0.15, -0.1) is 10.2 Å². The molecule has 0 atom stereocenters. The summed E-state index contributed by atoms with van der Waals surface area (Å²) in [5.74, 6) is -0.348. The number of H-pyrrole nitrogens is 1. The molecule has 0 saturated heterocycles. The second-order valence-electron chi connectivity index (χ2n) is 5.59. The number of amides is 1. The zero-order chi connectivity index (χ0) is 17.0. The van der Waals surface area contributed by atoms with Crippen LogP contribution in [0.15, 0.2) is 0 Å². The highest BCUT2D eigenvalue weighted by molar-refractivity contribution is 7.15. The van der Waals surface area contributed by atoms with Crippen LogP contribution in [0.3, 0.4) is 0 Å². The van der Waals surface area contributed by atoms with Gasteiger partial charge in [0.05, 0.1) is 0 Å². The molecule has 0 fully saturated rings. The van der Waals surface area contributed by atoms with E-state index in [0.717, 1.165) is 30.7 Å². The molecule has 23 heavy (non-hydrogen) atoms. The van der Waals surface area contributed by atoms with Gasteiger partial charge in [0.25, 0.3) is 5.91 Å². The van der Waals surface area contributed by atoms with Crippen LogP contribution in [-0.2, 0) is 6.42 Å². The van der Waals surface area contributed by atoms with Crippen LogP contribution in [0.25, 0.3) is 0 Å². The summed E-state index contributed by atoms with van der Waals surface area (Å²) in [6.07, 6.45) is 4.29. The average molecular weight is 334 g/mol. The number of hydrogen-bond acceptors (Lipinski definition) is 5. The van der Waals surface area contributed by atoms with Crippen LogP contribution in [0.4, 0.5) is 5.13 Å². The van der Waals surface area contributed by atoms with Crippen molar-refractivity contribution < 1.29 is 9.59 Å². The fourth-order valence-corrected chi connectivity index (χ4v) is 3.37. The van der Waals surface area contributed by atoms with Crippen molar-refractivity contribution in [3.8, 4) is 0 Å². The number of nitrogens with one attached hydrogen (secondary N) is 2. The zero-order valence-electron chi connectivity index (χ0n) is 13.9. The second-order valence-corrected chi connectivity index (χ2v) is 6.66. The summed E-state index contributed by atoms with van der Waals surface area (Å²) in [6.45, 7) is 7.21. The molecule has 0 aliphatic rings. The number of hydrogen-bond donors (Lipinski definition) is 2. The Morgan fingerprint density at radius 3 is 2.57 bits per heavy atom. The van der Waals surface area contributed by atoms with Crippen molar-refractivity contribution in [1.82, 2.24) is 15.2 Å². The van der Waals surface area contributed by atoms with Crippen LogP contribution >= 0.6 is 11.3 Å². The number of ketones is 1. The van der Waals surface area contributed by atoms with Gasteiger partial charge in [0.15, 0.2) is 5.78 Å². The van der Waals surface area contributed by atoms with Gasteiger partial charge < -0.3 is 4.98 Å². The molecule has 7 heteroatoms. The summed E-state index contributed by atoms with van der Waals surface area (Å²) < 4.78 is 0. The molecule has 0 radical (unpaired) electrons. The Hall–Kier alpha value is -2.02. The van der Waals surface area contributed by atoms with Gasteiger partial charge in [-0.05, 0) is 32.8 Å². The number of aromatic nitrogens is 3. The summed E-state index contributed by atoms with van der Waals surface area (Å²) in [4.78, 5) is 27.0. The number of aryl methyl sites for hydroxylation is 2. The molecule has 0 aromatic carbocycles. The highest BCUT2D eigenvalue weighted by Crippen LogP contribution is 2.22. The Morgan fingerprint density at radius 2 is 1.96 bits per heavy atom. The van der Waals surface area contributed by atoms with Crippen molar-refractivity contribution in [3.05, 3.63) is 27.5 Å². The fourth-order valence-electron chi connectivity index (χ4n) is 2.60. The number of Topliss-reactive ketones (excluding diaryl/α,β-unsaturated/α-hetero) is 1. The minimum atomic E-state index is -0.297. The molecule has 2 aromatic rings. The minimum Gasteiger partial charge on any atom is -0.354 e. The predicted molar refractivity (Wildman–Crippen MR) is 91.4 cm³/mol. The van der Waals surface area contributed by atoms with E-state index in [4.69, 9.17) is 0 Å². The van der Waals surface area contributed by atoms with Crippen molar-refractivity contribution in [3.63, 3.8) is 0 Å². The number of anilines is 1. The lowest BCUT2D eigenvalue weighted by Crippen LogP contribution is -2.13. The molecule has 1 amide bonds. The van der Waals surface area contributed by atoms with Crippen molar-refractivity contribution in [2.45, 2.75) is 53.4 Å². The molecule has 0 aliphatic heterocycles. The third kappa shape index (κ3) is 4.04. The van der Waals surface area contributed by atoms with E-state index in [1.165, 1.54) is 18.3 Å². The SMILES string of the molecule is CCCCCc1nnc(NC(=O)c2[nH]c(C)c(C(C)=O)c2C)s1. The summed E-state index contributed by atoms with van der Waals surface area (Å²) in [5, 5.41) is 12.3. The van der Waals surface area contributed by atoms with E-state index in [9.17, 15) is 9.59 Å². The monoisotopic (exact) mass is 334 g/mol. The molecule has 2 aromatic heterocycles. The first kappa shape index (κ1) is 17.3. The van der Waals surface area contributed by atoms with Gasteiger partial charge in [0.1, 0.15) is 10.7 Å². The third-order valence-corrected chi connectivity index (χ3v) is 4.60. The lowest BCUT2D eigenvalue weighted by molar-refractivity contribution is 0.101. The van der Waals surface area contributed by atoms with Gasteiger partial charge in [-0.1, -0.05) is 31.1 Å². The Labute approximate surface area is 139 Å². The van der Waals surface area contributed by atoms with Crippen LogP contribution in [0.1, 0.15) is 70.2 Å². The van der Waals surface area contributed by atoms with Crippen LogP contribution in [0, 0.1) is 13.8 Å². The molecule has 0 unspecified atom stereocenters. The van der Waals surface area contributed by atoms with Gasteiger partial charge in [0, 0.05) is 17.7 Å². The van der Waals surface area contributed by atoms with Crippen LogP contribution in [0.2, 0.25) is 0 Å². The molecule has 0 aliphatic carbocycles. The molecule has 2 N–H and O–H groups in total. The lowest BCUT2D eigenvalue weighted by Gasteiger charge is -2.00. The summed E-state index contributed by atoms with van der Waals surface area (Å²) in [5.41, 5.74) is 2.35. The van der Waals surface area contributed by atoms with Gasteiger partial charge in [-0.25, -0.2) is 0 Å². The zero-order valence-corrected chi connectivity index (χ0v) is 14.8. The van der Waals surface area contributed by atoms with Crippen LogP contribution in [0.5, 0.6) is 0 Å². The molecule has 0 bridgehead atoms. The number of carbonyl (C=O) groups excluding carboxylic acids is 2. The molecule has 0 saturated carbocycles. The van der Waals surface area contributed by atoms with Crippen LogP contribution < -0.4 is 5.32 Å². The maximum atomic E-state index is 12.4. The van der Waals surface area contributed by atoms with E-state index in [1.807, 2.05) is 0 Å². The summed E-state index contributed by atoms with van der Waals surface area (Å²) in [7, 11) is 0. The van der Waals surface area contributed by atoms with Gasteiger partial charge in [-0.3, -0.25) is 14.9 Å². The van der Waals surface area contributed by atoms with E-state index in [2.05, 4.69) is 27.4 Å². The first-order valence-corrected chi connectivity index (χ1v) is 8.59. The third-order valence-electron chi connectivity index (χ3n) is 3.70. The lowest BCUT2D eigenvalue weighted by atomic mass is 10.1. The predicted octanol–water partition coefficient (Wildman–Crippen LogP) is 3.67. The molecular weight excluding hydrogens is 312 g/mol. The van der Waals surface area contributed by atoms with Crippen molar-refractivity contribution in [2.75, 3.05) is 5.32 Å². The molecular formula is C16H22N4O2S. The van der Waals surface area contributed by atoms with Gasteiger partial charge in [-0.2, -0.15) is 0 Å². The molecule has 0 spiro atoms. The average Bonchev–Trinajstić information content (AvgIpc) is 3.03. The quantitative estimate of drug-likeness (QED) is 0.597. The normalized spacial score (nSPS) is 10.8. The molecule has 2 heterocycles. The number of unbranched alkanes of at least 4 members (excludes halogenated alkanes) is 2. The number of rotatable bonds is 7. The number of aromatic amines is 1. The minimum absolute atomic E-state index is 0.0515. The van der Waals surface area contributed by atoms with Gasteiger partial charge in [0.2, 0.25) is 5.13 Å². The van der Waals surface area contributed by atoms with E-state index in [0.29, 0.717) is 27.6 Å². The van der Waals surface area contributed by atoms with E-state index in [-0.39, 0.29) is 11.7 Å². The Bertz CT molecular complexity index is 718. The first-order chi connectivity index (χ1) is 10.9. The molecule has 124 valence electrons.